The summed E-state index contributed by atoms with van der Waals surface area (Å²) in [7, 11) is 0. The lowest BCUT2D eigenvalue weighted by molar-refractivity contribution is 1.00. The van der Waals surface area contributed by atoms with Crippen molar-refractivity contribution in [3.05, 3.63) is 37.0 Å². The summed E-state index contributed by atoms with van der Waals surface area (Å²) in [6, 6.07) is 0. The van der Waals surface area contributed by atoms with E-state index >= 15 is 0 Å². The van der Waals surface area contributed by atoms with Gasteiger partial charge in [-0.05, 0) is 13.3 Å². The minimum Gasteiger partial charge on any atom is -0.118 e. The molecule has 1 unspecified atom stereocenters. The van der Waals surface area contributed by atoms with E-state index in [-0.39, 0.29) is 5.38 Å². The number of rotatable bonds is 4. The molecule has 0 rings (SSSR count). The molecule has 0 aromatic heterocycles. The van der Waals surface area contributed by atoms with Gasteiger partial charge in [-0.3, -0.25) is 0 Å². The first kappa shape index (κ1) is 9.51. The van der Waals surface area contributed by atoms with Crippen LogP contribution < -0.4 is 0 Å². The van der Waals surface area contributed by atoms with Gasteiger partial charge in [-0.25, -0.2) is 0 Å². The fourth-order valence-corrected chi connectivity index (χ4v) is 0.679. The summed E-state index contributed by atoms with van der Waals surface area (Å²) in [5, 5.41) is -0.0100. The van der Waals surface area contributed by atoms with Crippen molar-refractivity contribution < 1.29 is 0 Å². The third-order valence-corrected chi connectivity index (χ3v) is 1.63. The topological polar surface area (TPSA) is 0 Å². The quantitative estimate of drug-likeness (QED) is 0.333. The van der Waals surface area contributed by atoms with Crippen LogP contribution in [-0.4, -0.2) is 5.38 Å². The minimum atomic E-state index is -0.0100. The van der Waals surface area contributed by atoms with Crippen molar-refractivity contribution in [2.24, 2.45) is 0 Å². The summed E-state index contributed by atoms with van der Waals surface area (Å²) in [6.45, 7) is 13.1. The highest BCUT2D eigenvalue weighted by atomic mass is 35.5. The Hall–Kier alpha value is -0.490. The summed E-state index contributed by atoms with van der Waals surface area (Å²) in [5.74, 6) is 0. The highest BCUT2D eigenvalue weighted by Gasteiger charge is 2.01. The summed E-state index contributed by atoms with van der Waals surface area (Å²) in [5.41, 5.74) is 1.99. The van der Waals surface area contributed by atoms with Gasteiger partial charge in [0, 0.05) is 0 Å². The van der Waals surface area contributed by atoms with Crippen molar-refractivity contribution in [2.45, 2.75) is 18.7 Å². The van der Waals surface area contributed by atoms with Crippen LogP contribution in [0.5, 0.6) is 0 Å². The second-order valence-electron chi connectivity index (χ2n) is 2.34. The number of alkyl halides is 1. The molecule has 0 spiro atoms. The van der Waals surface area contributed by atoms with Crippen molar-refractivity contribution in [2.75, 3.05) is 0 Å². The van der Waals surface area contributed by atoms with Gasteiger partial charge in [-0.15, -0.1) is 18.2 Å². The first-order valence-corrected chi connectivity index (χ1v) is 3.62. The van der Waals surface area contributed by atoms with E-state index in [9.17, 15) is 0 Å². The Morgan fingerprint density at radius 3 is 2.40 bits per heavy atom. The largest absolute Gasteiger partial charge is 0.118 e. The van der Waals surface area contributed by atoms with Gasteiger partial charge in [0.05, 0.1) is 5.38 Å². The van der Waals surface area contributed by atoms with Gasteiger partial charge in [0.1, 0.15) is 0 Å². The lowest BCUT2D eigenvalue weighted by Crippen LogP contribution is -1.94. The predicted octanol–water partition coefficient (Wildman–Crippen LogP) is 3.30. The van der Waals surface area contributed by atoms with E-state index in [1.807, 2.05) is 6.92 Å². The Balaban J connectivity index is 3.79. The zero-order valence-electron chi connectivity index (χ0n) is 6.36. The van der Waals surface area contributed by atoms with Gasteiger partial charge in [0.25, 0.3) is 0 Å². The summed E-state index contributed by atoms with van der Waals surface area (Å²) in [4.78, 5) is 0. The van der Waals surface area contributed by atoms with Gasteiger partial charge in [0.15, 0.2) is 0 Å². The predicted molar refractivity (Wildman–Crippen MR) is 48.4 cm³/mol. The Bertz CT molecular complexity index is 156. The molecule has 0 aliphatic carbocycles. The number of hydrogen-bond acceptors (Lipinski definition) is 0. The zero-order chi connectivity index (χ0) is 8.15. The van der Waals surface area contributed by atoms with Crippen LogP contribution in [0.1, 0.15) is 13.3 Å². The van der Waals surface area contributed by atoms with E-state index < -0.39 is 0 Å². The Kier molecular flexibility index (Phi) is 4.13. The van der Waals surface area contributed by atoms with E-state index in [2.05, 4.69) is 19.7 Å². The van der Waals surface area contributed by atoms with Crippen molar-refractivity contribution in [1.29, 1.82) is 0 Å². The molecule has 0 radical (unpaired) electrons. The molecule has 0 aliphatic rings. The van der Waals surface area contributed by atoms with Crippen LogP contribution in [0.15, 0.2) is 37.0 Å². The SMILES string of the molecule is C=CC(Cl)CC(=C)C(=C)C. The monoisotopic (exact) mass is 156 g/mol. The second-order valence-corrected chi connectivity index (χ2v) is 2.90. The first-order valence-electron chi connectivity index (χ1n) is 3.18. The molecule has 0 fully saturated rings. The standard InChI is InChI=1S/C9H13Cl/c1-5-9(10)6-8(4)7(2)3/h5,9H,1-2,4,6H2,3H3. The zero-order valence-corrected chi connectivity index (χ0v) is 7.12. The van der Waals surface area contributed by atoms with Crippen LogP contribution in [0, 0.1) is 0 Å². The smallest absolute Gasteiger partial charge is 0.0553 e. The average Bonchev–Trinajstić information content (AvgIpc) is 1.87. The fourth-order valence-electron chi connectivity index (χ4n) is 0.493. The number of hydrogen-bond donors (Lipinski definition) is 0. The normalized spacial score (nSPS) is 12.2. The average molecular weight is 157 g/mol. The maximum atomic E-state index is 5.78. The molecule has 0 aromatic carbocycles. The number of halogens is 1. The molecule has 0 amide bonds. The summed E-state index contributed by atoms with van der Waals surface area (Å²) < 4.78 is 0. The maximum absolute atomic E-state index is 5.78. The maximum Gasteiger partial charge on any atom is 0.0553 e. The minimum absolute atomic E-state index is 0.0100. The van der Waals surface area contributed by atoms with E-state index in [1.54, 1.807) is 6.08 Å². The molecule has 1 heteroatoms. The van der Waals surface area contributed by atoms with E-state index in [0.717, 1.165) is 17.6 Å². The van der Waals surface area contributed by atoms with Crippen molar-refractivity contribution in [1.82, 2.24) is 0 Å². The number of allylic oxidation sites excluding steroid dienone is 3. The Labute approximate surface area is 67.9 Å². The van der Waals surface area contributed by atoms with Gasteiger partial charge in [-0.1, -0.05) is 30.4 Å². The fraction of sp³-hybridized carbons (Fsp3) is 0.333. The Morgan fingerprint density at radius 2 is 2.10 bits per heavy atom. The van der Waals surface area contributed by atoms with E-state index in [1.165, 1.54) is 0 Å². The molecule has 0 saturated carbocycles. The summed E-state index contributed by atoms with van der Waals surface area (Å²) in [6.07, 6.45) is 2.45. The lowest BCUT2D eigenvalue weighted by Gasteiger charge is -2.05. The second kappa shape index (κ2) is 4.35. The molecule has 0 bridgehead atoms. The van der Waals surface area contributed by atoms with Crippen LogP contribution in [0.4, 0.5) is 0 Å². The highest BCUT2D eigenvalue weighted by molar-refractivity contribution is 6.21. The van der Waals surface area contributed by atoms with Gasteiger partial charge in [-0.2, -0.15) is 0 Å². The molecule has 0 nitrogen and oxygen atoms in total. The van der Waals surface area contributed by atoms with Gasteiger partial charge < -0.3 is 0 Å². The molecule has 56 valence electrons. The third-order valence-electron chi connectivity index (χ3n) is 1.30. The van der Waals surface area contributed by atoms with Crippen molar-refractivity contribution >= 4 is 11.6 Å². The van der Waals surface area contributed by atoms with Crippen LogP contribution in [0.25, 0.3) is 0 Å². The Morgan fingerprint density at radius 1 is 1.60 bits per heavy atom. The lowest BCUT2D eigenvalue weighted by atomic mass is 10.1. The van der Waals surface area contributed by atoms with Crippen LogP contribution >= 0.6 is 11.6 Å². The molecular weight excluding hydrogens is 144 g/mol. The molecule has 0 saturated heterocycles. The third kappa shape index (κ3) is 3.52. The van der Waals surface area contributed by atoms with E-state index in [0.29, 0.717) is 0 Å². The van der Waals surface area contributed by atoms with E-state index in [4.69, 9.17) is 11.6 Å². The van der Waals surface area contributed by atoms with Crippen LogP contribution in [0.3, 0.4) is 0 Å². The van der Waals surface area contributed by atoms with Crippen molar-refractivity contribution in [3.63, 3.8) is 0 Å². The van der Waals surface area contributed by atoms with Crippen LogP contribution in [-0.2, 0) is 0 Å². The molecule has 10 heavy (non-hydrogen) atoms. The molecule has 0 heterocycles. The highest BCUT2D eigenvalue weighted by Crippen LogP contribution is 2.15. The molecule has 0 N–H and O–H groups in total. The molecule has 0 aliphatic heterocycles. The molecular formula is C9H13Cl. The van der Waals surface area contributed by atoms with Crippen molar-refractivity contribution in [3.8, 4) is 0 Å². The molecule has 0 aromatic rings. The molecule has 1 atom stereocenters. The van der Waals surface area contributed by atoms with Gasteiger partial charge >= 0.3 is 0 Å². The van der Waals surface area contributed by atoms with Gasteiger partial charge in [0.2, 0.25) is 0 Å². The first-order chi connectivity index (χ1) is 4.57. The summed E-state index contributed by atoms with van der Waals surface area (Å²) >= 11 is 5.78. The van der Waals surface area contributed by atoms with Crippen LogP contribution in [0.2, 0.25) is 0 Å².